The molecule has 2 aliphatic heterocycles. The fourth-order valence-corrected chi connectivity index (χ4v) is 3.99. The molecule has 25 heavy (non-hydrogen) atoms. The number of rotatable bonds is 0. The molecule has 3 heterocycles. The summed E-state index contributed by atoms with van der Waals surface area (Å²) in [5.74, 6) is 0. The van der Waals surface area contributed by atoms with Crippen LogP contribution in [-0.4, -0.2) is 16.2 Å². The van der Waals surface area contributed by atoms with Crippen molar-refractivity contribution in [3.63, 3.8) is 0 Å². The second kappa shape index (κ2) is 4.13. The fraction of sp³-hybridized carbons (Fsp3) is 0.0500. The van der Waals surface area contributed by atoms with E-state index in [0.717, 1.165) is 43.5 Å². The van der Waals surface area contributed by atoms with Gasteiger partial charge in [-0.3, -0.25) is 14.6 Å². The molecule has 0 radical (unpaired) electrons. The van der Waals surface area contributed by atoms with Gasteiger partial charge in [-0.25, -0.2) is 9.97 Å². The van der Waals surface area contributed by atoms with Crippen molar-refractivity contribution >= 4 is 38.9 Å². The molecule has 0 amide bonds. The van der Waals surface area contributed by atoms with E-state index in [2.05, 4.69) is 9.98 Å². The van der Waals surface area contributed by atoms with Crippen molar-refractivity contribution < 1.29 is 0 Å². The monoisotopic (exact) mass is 323 g/mol. The lowest BCUT2D eigenvalue weighted by Crippen LogP contribution is -2.23. The Balaban J connectivity index is 2.03. The van der Waals surface area contributed by atoms with E-state index in [9.17, 15) is 9.59 Å². The number of hydrogen-bond donors (Lipinski definition) is 0. The number of fused-ring (bicyclic) bond motifs is 9. The summed E-state index contributed by atoms with van der Waals surface area (Å²) < 4.78 is 0. The molecule has 5 nitrogen and oxygen atoms in total. The van der Waals surface area contributed by atoms with Crippen LogP contribution < -0.4 is 10.9 Å². The van der Waals surface area contributed by atoms with Gasteiger partial charge in [-0.15, -0.1) is 0 Å². The molecule has 0 saturated heterocycles. The predicted molar refractivity (Wildman–Crippen MR) is 96.1 cm³/mol. The van der Waals surface area contributed by atoms with Crippen LogP contribution in [0.25, 0.3) is 32.7 Å². The van der Waals surface area contributed by atoms with E-state index in [1.807, 2.05) is 30.5 Å². The molecule has 116 valence electrons. The lowest BCUT2D eigenvalue weighted by atomic mass is 9.98. The van der Waals surface area contributed by atoms with Crippen LogP contribution in [0.5, 0.6) is 0 Å². The SMILES string of the molecule is O=c1ccc2c3c4c(c5c6ccccc6nc5c3nc=2c1=O)C=NC4. The molecule has 0 fully saturated rings. The Morgan fingerprint density at radius 1 is 0.880 bits per heavy atom. The summed E-state index contributed by atoms with van der Waals surface area (Å²) in [5.41, 5.74) is 3.38. The number of benzene rings is 2. The van der Waals surface area contributed by atoms with Gasteiger partial charge in [0.2, 0.25) is 5.43 Å². The van der Waals surface area contributed by atoms with Gasteiger partial charge < -0.3 is 0 Å². The highest BCUT2D eigenvalue weighted by atomic mass is 16.2. The Morgan fingerprint density at radius 2 is 1.72 bits per heavy atom. The molecular weight excluding hydrogens is 314 g/mol. The summed E-state index contributed by atoms with van der Waals surface area (Å²) in [6.45, 7) is 0.551. The second-order valence-corrected chi connectivity index (χ2v) is 6.34. The van der Waals surface area contributed by atoms with Crippen LogP contribution in [0.15, 0.2) is 51.0 Å². The normalized spacial score (nSPS) is 13.6. The first-order valence-corrected chi connectivity index (χ1v) is 8.01. The molecule has 2 aromatic carbocycles. The van der Waals surface area contributed by atoms with Gasteiger partial charge in [0.25, 0.3) is 5.43 Å². The second-order valence-electron chi connectivity index (χ2n) is 6.34. The van der Waals surface area contributed by atoms with Crippen molar-refractivity contribution in [3.8, 4) is 0 Å². The number of para-hydroxylation sites is 1. The van der Waals surface area contributed by atoms with Crippen molar-refractivity contribution in [2.75, 3.05) is 0 Å². The smallest absolute Gasteiger partial charge is 0.251 e. The topological polar surface area (TPSA) is 72.3 Å². The van der Waals surface area contributed by atoms with Crippen LogP contribution in [0.4, 0.5) is 0 Å². The van der Waals surface area contributed by atoms with E-state index < -0.39 is 10.9 Å². The number of aliphatic imine (C=N–C) groups is 1. The van der Waals surface area contributed by atoms with Gasteiger partial charge in [0.05, 0.1) is 23.1 Å². The van der Waals surface area contributed by atoms with E-state index in [0.29, 0.717) is 12.1 Å². The molecule has 0 atom stereocenters. The molecule has 0 saturated carbocycles. The van der Waals surface area contributed by atoms with Crippen LogP contribution in [0.1, 0.15) is 11.1 Å². The number of hydrogen-bond acceptors (Lipinski definition) is 5. The van der Waals surface area contributed by atoms with E-state index in [-0.39, 0.29) is 5.35 Å². The third kappa shape index (κ3) is 1.42. The Hall–Kier alpha value is -3.47. The zero-order valence-corrected chi connectivity index (χ0v) is 12.9. The molecule has 3 aliphatic rings. The maximum absolute atomic E-state index is 12.3. The molecule has 1 aromatic heterocycles. The predicted octanol–water partition coefficient (Wildman–Crippen LogP) is 2.19. The zero-order valence-electron chi connectivity index (χ0n) is 12.9. The highest BCUT2D eigenvalue weighted by molar-refractivity contribution is 6.23. The Bertz CT molecular complexity index is 1560. The lowest BCUT2D eigenvalue weighted by Gasteiger charge is -2.03. The molecule has 6 rings (SSSR count). The molecule has 5 heteroatoms. The van der Waals surface area contributed by atoms with Gasteiger partial charge in [0.1, 0.15) is 5.35 Å². The lowest BCUT2D eigenvalue weighted by molar-refractivity contribution is 1.13. The molecule has 0 spiro atoms. The van der Waals surface area contributed by atoms with Crippen LogP contribution in [0, 0.1) is 10.6 Å². The molecule has 0 unspecified atom stereocenters. The number of nitrogens with zero attached hydrogens (tertiary/aromatic N) is 3. The summed E-state index contributed by atoms with van der Waals surface area (Å²) in [4.78, 5) is 37.8. The molecule has 0 N–H and O–H groups in total. The van der Waals surface area contributed by atoms with Crippen LogP contribution in [0.2, 0.25) is 0 Å². The first kappa shape index (κ1) is 12.9. The summed E-state index contributed by atoms with van der Waals surface area (Å²) in [5, 5.41) is 3.93. The van der Waals surface area contributed by atoms with Crippen molar-refractivity contribution in [1.82, 2.24) is 9.97 Å². The van der Waals surface area contributed by atoms with E-state index in [4.69, 9.17) is 4.98 Å². The molecule has 1 aliphatic carbocycles. The average Bonchev–Trinajstić information content (AvgIpc) is 3.31. The Morgan fingerprint density at radius 3 is 2.64 bits per heavy atom. The quantitative estimate of drug-likeness (QED) is 0.410. The van der Waals surface area contributed by atoms with Gasteiger partial charge in [0, 0.05) is 33.2 Å². The molecule has 3 aromatic rings. The minimum Gasteiger partial charge on any atom is -0.288 e. The van der Waals surface area contributed by atoms with Gasteiger partial charge >= 0.3 is 0 Å². The molecule has 0 bridgehead atoms. The largest absolute Gasteiger partial charge is 0.288 e. The number of aromatic nitrogens is 2. The van der Waals surface area contributed by atoms with Crippen molar-refractivity contribution in [2.45, 2.75) is 6.54 Å². The first-order chi connectivity index (χ1) is 12.2. The summed E-state index contributed by atoms with van der Waals surface area (Å²) >= 11 is 0. The highest BCUT2D eigenvalue weighted by Crippen LogP contribution is 2.38. The Kier molecular flexibility index (Phi) is 2.13. The van der Waals surface area contributed by atoms with Crippen molar-refractivity contribution in [3.05, 3.63) is 78.5 Å². The van der Waals surface area contributed by atoms with Crippen LogP contribution >= 0.6 is 0 Å². The van der Waals surface area contributed by atoms with Gasteiger partial charge in [-0.2, -0.15) is 0 Å². The van der Waals surface area contributed by atoms with E-state index in [1.165, 1.54) is 6.07 Å². The average molecular weight is 323 g/mol. The van der Waals surface area contributed by atoms with E-state index in [1.54, 1.807) is 6.07 Å². The summed E-state index contributed by atoms with van der Waals surface area (Å²) in [6, 6.07) is 11.0. The third-order valence-corrected chi connectivity index (χ3v) is 5.06. The van der Waals surface area contributed by atoms with Crippen LogP contribution in [0.3, 0.4) is 0 Å². The maximum atomic E-state index is 12.3. The molecular formula is C20H9N3O2. The highest BCUT2D eigenvalue weighted by Gasteiger charge is 2.23. The van der Waals surface area contributed by atoms with Gasteiger partial charge in [0.15, 0.2) is 0 Å². The first-order valence-electron chi connectivity index (χ1n) is 8.01. The summed E-state index contributed by atoms with van der Waals surface area (Å²) in [6.07, 6.45) is 1.88. The minimum absolute atomic E-state index is 0.233. The van der Waals surface area contributed by atoms with Crippen molar-refractivity contribution in [2.24, 2.45) is 4.99 Å². The van der Waals surface area contributed by atoms with Gasteiger partial charge in [-0.05, 0) is 23.8 Å². The maximum Gasteiger partial charge on any atom is 0.251 e. The Labute approximate surface area is 139 Å². The van der Waals surface area contributed by atoms with Crippen LogP contribution in [-0.2, 0) is 6.54 Å². The zero-order chi connectivity index (χ0) is 16.7. The standard InChI is InChI=1S/C20H9N3O2/c24-14-6-5-10-16-12-8-21-7-11(12)15-9-3-1-2-4-13(9)22-18(15)19(16)23-17(10)20(14)25/h1-7H,8H2. The van der Waals surface area contributed by atoms with E-state index >= 15 is 0 Å². The summed E-state index contributed by atoms with van der Waals surface area (Å²) in [7, 11) is 0. The third-order valence-electron chi connectivity index (χ3n) is 5.06. The minimum atomic E-state index is -0.550. The fourth-order valence-electron chi connectivity index (χ4n) is 3.99. The van der Waals surface area contributed by atoms with Crippen molar-refractivity contribution in [1.29, 1.82) is 0 Å². The van der Waals surface area contributed by atoms with Gasteiger partial charge in [-0.1, -0.05) is 18.2 Å².